The van der Waals surface area contributed by atoms with Gasteiger partial charge in [0.15, 0.2) is 0 Å². The van der Waals surface area contributed by atoms with Crippen LogP contribution in [0.4, 0.5) is 17.1 Å². The molecule has 0 amide bonds. The van der Waals surface area contributed by atoms with E-state index in [-0.39, 0.29) is 6.71 Å². The van der Waals surface area contributed by atoms with E-state index in [1.54, 1.807) is 0 Å². The lowest BCUT2D eigenvalue weighted by molar-refractivity contribution is 1.26. The van der Waals surface area contributed by atoms with Crippen LogP contribution in [0.1, 0.15) is 5.56 Å². The Morgan fingerprint density at radius 2 is 0.855 bits per heavy atom. The SMILES string of the molecule is N#Cc1cc(-c2cc3c4c(c2)Sc2cc(N(c5ccccc5)c5ccccc5)ccc2B4c2ccccc2S3)cc(-c2c3ccccc3c(-c3ccccc3)c3ccccc23)c1. The van der Waals surface area contributed by atoms with Gasteiger partial charge in [-0.15, -0.1) is 0 Å². The molecule has 5 heteroatoms. The highest BCUT2D eigenvalue weighted by Gasteiger charge is 2.38. The minimum absolute atomic E-state index is 0.112. The molecule has 10 aromatic rings. The van der Waals surface area contributed by atoms with Gasteiger partial charge >= 0.3 is 0 Å². The van der Waals surface area contributed by atoms with Gasteiger partial charge in [-0.2, -0.15) is 5.26 Å². The first-order valence-corrected chi connectivity index (χ1v) is 22.5. The third kappa shape index (κ3) is 6.06. The smallest absolute Gasteiger partial charge is 0.247 e. The molecule has 0 aromatic heterocycles. The van der Waals surface area contributed by atoms with E-state index in [1.165, 1.54) is 68.6 Å². The fraction of sp³-hybridized carbons (Fsp3) is 0. The van der Waals surface area contributed by atoms with E-state index in [0.29, 0.717) is 5.56 Å². The van der Waals surface area contributed by atoms with E-state index in [1.807, 2.05) is 23.5 Å². The topological polar surface area (TPSA) is 27.0 Å². The summed E-state index contributed by atoms with van der Waals surface area (Å²) < 4.78 is 0. The first-order chi connectivity index (χ1) is 30.7. The molecule has 2 aliphatic heterocycles. The molecule has 0 unspecified atom stereocenters. The van der Waals surface area contributed by atoms with E-state index >= 15 is 0 Å². The van der Waals surface area contributed by atoms with Crippen molar-refractivity contribution < 1.29 is 0 Å². The summed E-state index contributed by atoms with van der Waals surface area (Å²) in [6.07, 6.45) is 0. The molecule has 288 valence electrons. The summed E-state index contributed by atoms with van der Waals surface area (Å²) in [5.41, 5.74) is 14.8. The highest BCUT2D eigenvalue weighted by molar-refractivity contribution is 8.01. The molecule has 12 rings (SSSR count). The number of anilines is 3. The molecule has 0 fully saturated rings. The summed E-state index contributed by atoms with van der Waals surface area (Å²) in [6.45, 7) is 0.112. The number of rotatable bonds is 6. The largest absolute Gasteiger partial charge is 0.310 e. The fourth-order valence-corrected chi connectivity index (χ4v) is 12.2. The monoisotopic (exact) mass is 822 g/mol. The van der Waals surface area contributed by atoms with Gasteiger partial charge in [-0.05, 0) is 133 Å². The Labute approximate surface area is 370 Å². The van der Waals surface area contributed by atoms with Crippen LogP contribution in [-0.2, 0) is 0 Å². The molecule has 0 saturated carbocycles. The van der Waals surface area contributed by atoms with Crippen LogP contribution in [0.3, 0.4) is 0 Å². The molecule has 0 radical (unpaired) electrons. The summed E-state index contributed by atoms with van der Waals surface area (Å²) in [7, 11) is 0. The van der Waals surface area contributed by atoms with Gasteiger partial charge in [0.25, 0.3) is 0 Å². The van der Waals surface area contributed by atoms with Gasteiger partial charge in [-0.25, -0.2) is 0 Å². The van der Waals surface area contributed by atoms with Crippen molar-refractivity contribution in [3.05, 3.63) is 218 Å². The minimum Gasteiger partial charge on any atom is -0.310 e. The lowest BCUT2D eigenvalue weighted by atomic mass is 9.36. The van der Waals surface area contributed by atoms with Crippen LogP contribution in [-0.4, -0.2) is 6.71 Å². The summed E-state index contributed by atoms with van der Waals surface area (Å²) in [5.74, 6) is 0. The highest BCUT2D eigenvalue weighted by Crippen LogP contribution is 2.47. The second kappa shape index (κ2) is 15.0. The van der Waals surface area contributed by atoms with Crippen LogP contribution >= 0.6 is 23.5 Å². The fourth-order valence-electron chi connectivity index (χ4n) is 9.70. The lowest BCUT2D eigenvalue weighted by Gasteiger charge is -2.34. The van der Waals surface area contributed by atoms with Gasteiger partial charge in [0.2, 0.25) is 6.71 Å². The summed E-state index contributed by atoms with van der Waals surface area (Å²) in [5, 5.41) is 15.4. The van der Waals surface area contributed by atoms with Crippen LogP contribution in [0.25, 0.3) is 54.9 Å². The van der Waals surface area contributed by atoms with Crippen LogP contribution in [0.2, 0.25) is 0 Å². The van der Waals surface area contributed by atoms with Crippen molar-refractivity contribution in [1.29, 1.82) is 5.26 Å². The maximum atomic E-state index is 10.6. The third-order valence-electron chi connectivity index (χ3n) is 12.3. The van der Waals surface area contributed by atoms with Crippen molar-refractivity contribution in [1.82, 2.24) is 0 Å². The molecule has 2 aliphatic rings. The van der Waals surface area contributed by atoms with Crippen molar-refractivity contribution in [2.75, 3.05) is 4.90 Å². The molecular weight excluding hydrogens is 788 g/mol. The van der Waals surface area contributed by atoms with Crippen molar-refractivity contribution in [3.8, 4) is 39.4 Å². The van der Waals surface area contributed by atoms with Crippen molar-refractivity contribution in [3.63, 3.8) is 0 Å². The van der Waals surface area contributed by atoms with Crippen LogP contribution < -0.4 is 21.3 Å². The summed E-state index contributed by atoms with van der Waals surface area (Å²) in [6, 6.07) is 79.1. The third-order valence-corrected chi connectivity index (χ3v) is 14.6. The van der Waals surface area contributed by atoms with Gasteiger partial charge in [0.1, 0.15) is 0 Å². The number of para-hydroxylation sites is 2. The quantitative estimate of drug-likeness (QED) is 0.123. The number of benzene rings is 10. The van der Waals surface area contributed by atoms with Crippen molar-refractivity contribution >= 4 is 85.2 Å². The first kappa shape index (κ1) is 36.6. The zero-order valence-electron chi connectivity index (χ0n) is 33.5. The molecular formula is C57H35BN2S2. The van der Waals surface area contributed by atoms with Gasteiger partial charge in [0, 0.05) is 36.6 Å². The molecule has 2 nitrogen and oxygen atoms in total. The van der Waals surface area contributed by atoms with Gasteiger partial charge in [-0.3, -0.25) is 0 Å². The number of fused-ring (bicyclic) bond motifs is 6. The standard InChI is InChI=1S/C57H35BN2S2/c59-36-37-30-39(32-41(31-37)56-47-24-12-10-22-45(47)55(38-16-4-1-5-17-38)46-23-11-13-25-48(46)56)40-33-53-57-54(34-40)62-52-35-44(28-29-50(52)58(57)49-26-14-15-27-51(49)61-53)60(42-18-6-2-7-19-42)43-20-8-3-9-21-43/h1-35H. The molecule has 0 N–H and O–H groups in total. The number of hydrogen-bond donors (Lipinski definition) is 0. The molecule has 0 atom stereocenters. The molecule has 0 spiro atoms. The zero-order chi connectivity index (χ0) is 41.1. The van der Waals surface area contributed by atoms with Crippen LogP contribution in [0.5, 0.6) is 0 Å². The van der Waals surface area contributed by atoms with E-state index in [9.17, 15) is 5.26 Å². The summed E-state index contributed by atoms with van der Waals surface area (Å²) >= 11 is 3.73. The Morgan fingerprint density at radius 3 is 1.47 bits per heavy atom. The normalized spacial score (nSPS) is 12.3. The minimum atomic E-state index is 0.112. The van der Waals surface area contributed by atoms with Crippen molar-refractivity contribution in [2.45, 2.75) is 19.6 Å². The first-order valence-electron chi connectivity index (χ1n) is 20.9. The van der Waals surface area contributed by atoms with Gasteiger partial charge in [0.05, 0.1) is 11.6 Å². The van der Waals surface area contributed by atoms with E-state index in [4.69, 9.17) is 0 Å². The Bertz CT molecular complexity index is 3340. The van der Waals surface area contributed by atoms with E-state index in [0.717, 1.165) is 39.3 Å². The molecule has 2 heterocycles. The Balaban J connectivity index is 1.04. The Kier molecular flexibility index (Phi) is 8.88. The molecule has 10 aromatic carbocycles. The Hall–Kier alpha value is -7.23. The van der Waals surface area contributed by atoms with Gasteiger partial charge < -0.3 is 4.90 Å². The number of nitriles is 1. The second-order valence-corrected chi connectivity index (χ2v) is 18.1. The second-order valence-electron chi connectivity index (χ2n) is 15.9. The average molecular weight is 823 g/mol. The molecule has 0 saturated heterocycles. The maximum absolute atomic E-state index is 10.6. The number of hydrogen-bond acceptors (Lipinski definition) is 4. The van der Waals surface area contributed by atoms with Crippen molar-refractivity contribution in [2.24, 2.45) is 0 Å². The number of nitrogens with zero attached hydrogens (tertiary/aromatic N) is 2. The van der Waals surface area contributed by atoms with Gasteiger partial charge in [-0.1, -0.05) is 174 Å². The predicted molar refractivity (Wildman–Crippen MR) is 263 cm³/mol. The van der Waals surface area contributed by atoms with Crippen LogP contribution in [0.15, 0.2) is 232 Å². The molecule has 62 heavy (non-hydrogen) atoms. The predicted octanol–water partition coefficient (Wildman–Crippen LogP) is 13.8. The molecule has 0 bridgehead atoms. The average Bonchev–Trinajstić information content (AvgIpc) is 3.33. The van der Waals surface area contributed by atoms with E-state index < -0.39 is 0 Å². The summed E-state index contributed by atoms with van der Waals surface area (Å²) in [4.78, 5) is 7.41. The maximum Gasteiger partial charge on any atom is 0.247 e. The van der Waals surface area contributed by atoms with Crippen LogP contribution in [0, 0.1) is 11.3 Å². The molecule has 0 aliphatic carbocycles. The lowest BCUT2D eigenvalue weighted by Crippen LogP contribution is -2.58. The Morgan fingerprint density at radius 1 is 0.371 bits per heavy atom. The van der Waals surface area contributed by atoms with E-state index in [2.05, 4.69) is 223 Å². The highest BCUT2D eigenvalue weighted by atomic mass is 32.2. The zero-order valence-corrected chi connectivity index (χ0v) is 35.1.